The summed E-state index contributed by atoms with van der Waals surface area (Å²) in [7, 11) is 0. The molecule has 1 unspecified atom stereocenters. The number of carbonyl (C=O) groups is 1. The molecule has 0 aromatic carbocycles. The van der Waals surface area contributed by atoms with Crippen LogP contribution in [0.1, 0.15) is 13.3 Å². The minimum Gasteiger partial charge on any atom is -0.481 e. The number of hydrogen-bond acceptors (Lipinski definition) is 4. The molecule has 1 atom stereocenters. The Bertz CT molecular complexity index is 248. The van der Waals surface area contributed by atoms with Crippen LogP contribution in [0.2, 0.25) is 0 Å². The minimum atomic E-state index is -0.758. The lowest BCUT2D eigenvalue weighted by Gasteiger charge is -2.03. The van der Waals surface area contributed by atoms with Gasteiger partial charge in [-0.25, -0.2) is 4.98 Å². The molecular formula is C7H9NO2S2. The van der Waals surface area contributed by atoms with Gasteiger partial charge in [0.1, 0.15) is 4.34 Å². The van der Waals surface area contributed by atoms with Crippen molar-refractivity contribution < 1.29 is 9.90 Å². The van der Waals surface area contributed by atoms with Crippen molar-refractivity contribution in [3.8, 4) is 0 Å². The average molecular weight is 203 g/mol. The third-order valence-corrected chi connectivity index (χ3v) is 3.19. The van der Waals surface area contributed by atoms with Gasteiger partial charge in [0.25, 0.3) is 0 Å². The maximum atomic E-state index is 10.3. The molecule has 1 heterocycles. The normalized spacial score (nSPS) is 12.8. The number of aliphatic carboxylic acids is 1. The summed E-state index contributed by atoms with van der Waals surface area (Å²) in [5.74, 6) is -0.758. The highest BCUT2D eigenvalue weighted by Crippen LogP contribution is 2.26. The van der Waals surface area contributed by atoms with Crippen molar-refractivity contribution in [2.45, 2.75) is 22.9 Å². The molecule has 0 aliphatic rings. The number of nitrogens with zero attached hydrogens (tertiary/aromatic N) is 1. The van der Waals surface area contributed by atoms with Crippen LogP contribution < -0.4 is 0 Å². The van der Waals surface area contributed by atoms with Gasteiger partial charge in [0.05, 0.1) is 6.42 Å². The molecule has 3 nitrogen and oxygen atoms in total. The zero-order chi connectivity index (χ0) is 8.97. The zero-order valence-electron chi connectivity index (χ0n) is 6.56. The second-order valence-corrected chi connectivity index (χ2v) is 4.90. The van der Waals surface area contributed by atoms with E-state index >= 15 is 0 Å². The standard InChI is InChI=1S/C7H9NO2S2/c1-5(4-6(9)10)12-7-8-2-3-11-7/h2-3,5H,4H2,1H3,(H,9,10). The van der Waals surface area contributed by atoms with Crippen LogP contribution in [0.4, 0.5) is 0 Å². The van der Waals surface area contributed by atoms with Crippen molar-refractivity contribution in [3.05, 3.63) is 11.6 Å². The summed E-state index contributed by atoms with van der Waals surface area (Å²) >= 11 is 3.04. The molecule has 66 valence electrons. The molecule has 0 aliphatic heterocycles. The van der Waals surface area contributed by atoms with Crippen molar-refractivity contribution in [1.82, 2.24) is 4.98 Å². The molecule has 1 aromatic heterocycles. The summed E-state index contributed by atoms with van der Waals surface area (Å²) < 4.78 is 0.934. The molecule has 0 saturated carbocycles. The lowest BCUT2D eigenvalue weighted by molar-refractivity contribution is -0.136. The van der Waals surface area contributed by atoms with Gasteiger partial charge >= 0.3 is 5.97 Å². The fraction of sp³-hybridized carbons (Fsp3) is 0.429. The van der Waals surface area contributed by atoms with E-state index in [1.54, 1.807) is 6.20 Å². The van der Waals surface area contributed by atoms with E-state index in [1.807, 2.05) is 12.3 Å². The maximum absolute atomic E-state index is 10.3. The van der Waals surface area contributed by atoms with Gasteiger partial charge in [0.15, 0.2) is 0 Å². The molecule has 0 bridgehead atoms. The van der Waals surface area contributed by atoms with Gasteiger partial charge in [-0.3, -0.25) is 4.79 Å². The molecule has 12 heavy (non-hydrogen) atoms. The predicted octanol–water partition coefficient (Wildman–Crippen LogP) is 2.10. The van der Waals surface area contributed by atoms with Crippen molar-refractivity contribution in [3.63, 3.8) is 0 Å². The third kappa shape index (κ3) is 3.23. The molecule has 0 aliphatic carbocycles. The van der Waals surface area contributed by atoms with Gasteiger partial charge in [0.2, 0.25) is 0 Å². The fourth-order valence-electron chi connectivity index (χ4n) is 0.728. The Morgan fingerprint density at radius 1 is 1.92 bits per heavy atom. The molecule has 0 amide bonds. The van der Waals surface area contributed by atoms with Crippen LogP contribution in [-0.4, -0.2) is 21.3 Å². The smallest absolute Gasteiger partial charge is 0.304 e. The molecule has 0 radical (unpaired) electrons. The molecule has 1 aromatic rings. The number of thioether (sulfide) groups is 1. The first-order chi connectivity index (χ1) is 5.68. The monoisotopic (exact) mass is 203 g/mol. The third-order valence-electron chi connectivity index (χ3n) is 1.17. The number of carboxylic acid groups (broad SMARTS) is 1. The summed E-state index contributed by atoms with van der Waals surface area (Å²) in [4.78, 5) is 14.4. The van der Waals surface area contributed by atoms with E-state index in [2.05, 4.69) is 4.98 Å². The van der Waals surface area contributed by atoms with E-state index in [9.17, 15) is 4.79 Å². The second-order valence-electron chi connectivity index (χ2n) is 2.32. The van der Waals surface area contributed by atoms with Gasteiger partial charge in [0, 0.05) is 16.8 Å². The van der Waals surface area contributed by atoms with E-state index in [0.717, 1.165) is 4.34 Å². The quantitative estimate of drug-likeness (QED) is 0.761. The van der Waals surface area contributed by atoms with Crippen LogP contribution in [0.5, 0.6) is 0 Å². The number of carboxylic acids is 1. The van der Waals surface area contributed by atoms with Crippen LogP contribution in [0.15, 0.2) is 15.9 Å². The van der Waals surface area contributed by atoms with Gasteiger partial charge in [-0.2, -0.15) is 0 Å². The van der Waals surface area contributed by atoms with Crippen LogP contribution in [0.25, 0.3) is 0 Å². The summed E-state index contributed by atoms with van der Waals surface area (Å²) in [6.07, 6.45) is 1.91. The molecular weight excluding hydrogens is 194 g/mol. The van der Waals surface area contributed by atoms with Crippen molar-refractivity contribution in [2.24, 2.45) is 0 Å². The van der Waals surface area contributed by atoms with E-state index in [0.29, 0.717) is 0 Å². The second kappa shape index (κ2) is 4.47. The van der Waals surface area contributed by atoms with Crippen LogP contribution >= 0.6 is 23.1 Å². The first kappa shape index (κ1) is 9.54. The highest BCUT2D eigenvalue weighted by atomic mass is 32.2. The molecule has 5 heteroatoms. The fourth-order valence-corrected chi connectivity index (χ4v) is 2.66. The van der Waals surface area contributed by atoms with Crippen LogP contribution in [-0.2, 0) is 4.79 Å². The summed E-state index contributed by atoms with van der Waals surface area (Å²) in [6.45, 7) is 1.89. The van der Waals surface area contributed by atoms with Crippen LogP contribution in [0, 0.1) is 0 Å². The van der Waals surface area contributed by atoms with E-state index in [-0.39, 0.29) is 11.7 Å². The first-order valence-corrected chi connectivity index (χ1v) is 5.22. The Labute approximate surface area is 78.8 Å². The number of rotatable bonds is 4. The largest absolute Gasteiger partial charge is 0.481 e. The summed E-state index contributed by atoms with van der Waals surface area (Å²) in [6, 6.07) is 0. The SMILES string of the molecule is CC(CC(=O)O)Sc1nccs1. The van der Waals surface area contributed by atoms with Gasteiger partial charge in [-0.1, -0.05) is 18.7 Å². The Morgan fingerprint density at radius 2 is 2.67 bits per heavy atom. The number of hydrogen-bond donors (Lipinski definition) is 1. The Balaban J connectivity index is 2.36. The first-order valence-electron chi connectivity index (χ1n) is 3.46. The summed E-state index contributed by atoms with van der Waals surface area (Å²) in [5, 5.41) is 10.5. The zero-order valence-corrected chi connectivity index (χ0v) is 8.19. The van der Waals surface area contributed by atoms with Crippen molar-refractivity contribution in [2.75, 3.05) is 0 Å². The van der Waals surface area contributed by atoms with Crippen molar-refractivity contribution in [1.29, 1.82) is 0 Å². The summed E-state index contributed by atoms with van der Waals surface area (Å²) in [5.41, 5.74) is 0. The molecule has 1 N–H and O–H groups in total. The van der Waals surface area contributed by atoms with Crippen molar-refractivity contribution >= 4 is 29.1 Å². The van der Waals surface area contributed by atoms with E-state index < -0.39 is 5.97 Å². The number of thiazole rings is 1. The molecule has 1 rings (SSSR count). The van der Waals surface area contributed by atoms with E-state index in [4.69, 9.17) is 5.11 Å². The highest BCUT2D eigenvalue weighted by molar-refractivity contribution is 8.01. The molecule has 0 spiro atoms. The van der Waals surface area contributed by atoms with Gasteiger partial charge in [-0.15, -0.1) is 11.3 Å². The minimum absolute atomic E-state index is 0.0913. The number of aromatic nitrogens is 1. The molecule has 0 saturated heterocycles. The lowest BCUT2D eigenvalue weighted by Crippen LogP contribution is -2.04. The lowest BCUT2D eigenvalue weighted by atomic mass is 10.3. The van der Waals surface area contributed by atoms with Crippen LogP contribution in [0.3, 0.4) is 0 Å². The Kier molecular flexibility index (Phi) is 3.55. The Morgan fingerprint density at radius 3 is 3.17 bits per heavy atom. The topological polar surface area (TPSA) is 50.2 Å². The predicted molar refractivity (Wildman–Crippen MR) is 49.7 cm³/mol. The maximum Gasteiger partial charge on any atom is 0.304 e. The van der Waals surface area contributed by atoms with E-state index in [1.165, 1.54) is 23.1 Å². The highest BCUT2D eigenvalue weighted by Gasteiger charge is 2.09. The van der Waals surface area contributed by atoms with Gasteiger partial charge < -0.3 is 5.11 Å². The Hall–Kier alpha value is -0.550. The molecule has 0 fully saturated rings. The van der Waals surface area contributed by atoms with Gasteiger partial charge in [-0.05, 0) is 0 Å². The average Bonchev–Trinajstić information content (AvgIpc) is 2.37.